The molecular formula is C18H21IN2O2. The largest absolute Gasteiger partial charge is 0.484 e. The second-order valence-corrected chi connectivity index (χ2v) is 6.68. The lowest BCUT2D eigenvalue weighted by atomic mass is 10.1. The van der Waals surface area contributed by atoms with E-state index in [0.29, 0.717) is 12.3 Å². The van der Waals surface area contributed by atoms with Gasteiger partial charge in [0.1, 0.15) is 5.75 Å². The van der Waals surface area contributed by atoms with Crippen molar-refractivity contribution in [2.24, 2.45) is 0 Å². The first kappa shape index (κ1) is 17.7. The van der Waals surface area contributed by atoms with Gasteiger partial charge in [-0.05, 0) is 66.5 Å². The van der Waals surface area contributed by atoms with Crippen molar-refractivity contribution in [1.29, 1.82) is 0 Å². The third-order valence-electron chi connectivity index (χ3n) is 3.48. The van der Waals surface area contributed by atoms with E-state index in [4.69, 9.17) is 4.74 Å². The fourth-order valence-electron chi connectivity index (χ4n) is 2.21. The van der Waals surface area contributed by atoms with Gasteiger partial charge in [0.05, 0.1) is 6.04 Å². The van der Waals surface area contributed by atoms with Crippen LogP contribution < -0.4 is 10.1 Å². The van der Waals surface area contributed by atoms with Crippen molar-refractivity contribution >= 4 is 28.5 Å². The summed E-state index contributed by atoms with van der Waals surface area (Å²) in [4.78, 5) is 14.1. The Kier molecular flexibility index (Phi) is 6.85. The van der Waals surface area contributed by atoms with Gasteiger partial charge in [-0.2, -0.15) is 0 Å². The second-order valence-electron chi connectivity index (χ2n) is 5.44. The van der Waals surface area contributed by atoms with Crippen LogP contribution in [0.5, 0.6) is 5.75 Å². The van der Waals surface area contributed by atoms with E-state index in [-0.39, 0.29) is 18.6 Å². The van der Waals surface area contributed by atoms with Gasteiger partial charge in [0.15, 0.2) is 6.61 Å². The van der Waals surface area contributed by atoms with Crippen LogP contribution in [0.25, 0.3) is 0 Å². The van der Waals surface area contributed by atoms with E-state index in [1.54, 1.807) is 0 Å². The molecule has 2 rings (SSSR count). The van der Waals surface area contributed by atoms with Crippen LogP contribution in [0.1, 0.15) is 11.6 Å². The van der Waals surface area contributed by atoms with Crippen molar-refractivity contribution < 1.29 is 9.53 Å². The average molecular weight is 424 g/mol. The number of benzene rings is 2. The van der Waals surface area contributed by atoms with E-state index in [9.17, 15) is 4.79 Å². The molecule has 23 heavy (non-hydrogen) atoms. The fraction of sp³-hybridized carbons (Fsp3) is 0.278. The number of carbonyl (C=O) groups excluding carboxylic acids is 1. The molecule has 0 fully saturated rings. The quantitative estimate of drug-likeness (QED) is 0.695. The van der Waals surface area contributed by atoms with Crippen molar-refractivity contribution in [3.63, 3.8) is 0 Å². The number of carbonyl (C=O) groups is 1. The zero-order valence-corrected chi connectivity index (χ0v) is 15.5. The monoisotopic (exact) mass is 424 g/mol. The van der Waals surface area contributed by atoms with Crippen molar-refractivity contribution in [1.82, 2.24) is 10.2 Å². The summed E-state index contributed by atoms with van der Waals surface area (Å²) >= 11 is 2.23. The summed E-state index contributed by atoms with van der Waals surface area (Å²) in [5, 5.41) is 2.94. The lowest BCUT2D eigenvalue weighted by molar-refractivity contribution is -0.123. The number of hydrogen-bond donors (Lipinski definition) is 1. The molecule has 0 aliphatic rings. The summed E-state index contributed by atoms with van der Waals surface area (Å²) in [5.74, 6) is 0.583. The van der Waals surface area contributed by atoms with Gasteiger partial charge in [-0.3, -0.25) is 4.79 Å². The Labute approximate surface area is 151 Å². The highest BCUT2D eigenvalue weighted by molar-refractivity contribution is 14.1. The van der Waals surface area contributed by atoms with Crippen LogP contribution in [-0.2, 0) is 4.79 Å². The molecule has 1 N–H and O–H groups in total. The van der Waals surface area contributed by atoms with Crippen molar-refractivity contribution in [3.8, 4) is 5.75 Å². The maximum Gasteiger partial charge on any atom is 0.258 e. The summed E-state index contributed by atoms with van der Waals surface area (Å²) in [6.45, 7) is 0.571. The molecule has 2 aromatic rings. The maximum atomic E-state index is 12.0. The minimum atomic E-state index is -0.119. The lowest BCUT2D eigenvalue weighted by Gasteiger charge is -2.25. The van der Waals surface area contributed by atoms with E-state index >= 15 is 0 Å². The first-order valence-electron chi connectivity index (χ1n) is 7.42. The number of nitrogens with zero attached hydrogens (tertiary/aromatic N) is 1. The van der Waals surface area contributed by atoms with Crippen LogP contribution in [0, 0.1) is 3.57 Å². The summed E-state index contributed by atoms with van der Waals surface area (Å²) < 4.78 is 6.63. The molecule has 0 spiro atoms. The molecule has 5 heteroatoms. The number of likely N-dealkylation sites (N-methyl/N-ethyl adjacent to an activating group) is 1. The van der Waals surface area contributed by atoms with Gasteiger partial charge in [-0.25, -0.2) is 0 Å². The van der Waals surface area contributed by atoms with Crippen molar-refractivity contribution in [3.05, 3.63) is 63.7 Å². The first-order valence-corrected chi connectivity index (χ1v) is 8.50. The van der Waals surface area contributed by atoms with Crippen LogP contribution in [0.2, 0.25) is 0 Å². The highest BCUT2D eigenvalue weighted by Gasteiger charge is 2.15. The lowest BCUT2D eigenvalue weighted by Crippen LogP contribution is -2.36. The van der Waals surface area contributed by atoms with E-state index < -0.39 is 0 Å². The highest BCUT2D eigenvalue weighted by Crippen LogP contribution is 2.17. The van der Waals surface area contributed by atoms with E-state index in [1.165, 1.54) is 5.56 Å². The number of halogens is 1. The fourth-order valence-corrected chi connectivity index (χ4v) is 2.57. The maximum absolute atomic E-state index is 12.0. The molecule has 0 heterocycles. The Balaban J connectivity index is 1.83. The number of nitrogens with one attached hydrogen (secondary N) is 1. The smallest absolute Gasteiger partial charge is 0.258 e. The minimum absolute atomic E-state index is 0.0233. The van der Waals surface area contributed by atoms with Gasteiger partial charge in [0.2, 0.25) is 0 Å². The molecule has 122 valence electrons. The Hall–Kier alpha value is -1.60. The molecule has 0 aromatic heterocycles. The van der Waals surface area contributed by atoms with E-state index in [1.807, 2.05) is 56.6 Å². The second kappa shape index (κ2) is 8.88. The van der Waals surface area contributed by atoms with Crippen molar-refractivity contribution in [2.45, 2.75) is 6.04 Å². The molecule has 1 amide bonds. The SMILES string of the molecule is CN(C)C(CNC(=O)COc1ccc(I)cc1)c1ccccc1. The topological polar surface area (TPSA) is 41.6 Å². The summed E-state index contributed by atoms with van der Waals surface area (Å²) in [5.41, 5.74) is 1.18. The normalized spacial score (nSPS) is 12.0. The predicted molar refractivity (Wildman–Crippen MR) is 101 cm³/mol. The zero-order chi connectivity index (χ0) is 16.7. The molecule has 0 saturated carbocycles. The third kappa shape index (κ3) is 5.84. The molecule has 1 atom stereocenters. The molecule has 0 radical (unpaired) electrons. The molecule has 0 bridgehead atoms. The first-order chi connectivity index (χ1) is 11.1. The molecule has 0 aliphatic heterocycles. The average Bonchev–Trinajstić information content (AvgIpc) is 2.55. The van der Waals surface area contributed by atoms with Gasteiger partial charge in [0.25, 0.3) is 5.91 Å². The summed E-state index contributed by atoms with van der Waals surface area (Å²) in [7, 11) is 4.01. The molecule has 4 nitrogen and oxygen atoms in total. The number of ether oxygens (including phenoxy) is 1. The molecule has 0 saturated heterocycles. The van der Waals surface area contributed by atoms with Crippen molar-refractivity contribution in [2.75, 3.05) is 27.2 Å². The Bertz CT molecular complexity index is 615. The van der Waals surface area contributed by atoms with Crippen LogP contribution >= 0.6 is 22.6 Å². The number of rotatable bonds is 7. The Morgan fingerprint density at radius 2 is 1.78 bits per heavy atom. The predicted octanol–water partition coefficient (Wildman–Crippen LogP) is 3.09. The molecule has 0 aliphatic carbocycles. The van der Waals surface area contributed by atoms with Gasteiger partial charge in [-0.1, -0.05) is 30.3 Å². The van der Waals surface area contributed by atoms with Crippen LogP contribution in [0.3, 0.4) is 0 Å². The minimum Gasteiger partial charge on any atom is -0.484 e. The van der Waals surface area contributed by atoms with Gasteiger partial charge in [-0.15, -0.1) is 0 Å². The van der Waals surface area contributed by atoms with Gasteiger partial charge in [0, 0.05) is 10.1 Å². The molecule has 1 unspecified atom stereocenters. The molecular weight excluding hydrogens is 403 g/mol. The van der Waals surface area contributed by atoms with Crippen LogP contribution in [-0.4, -0.2) is 38.1 Å². The molecule has 2 aromatic carbocycles. The summed E-state index contributed by atoms with van der Waals surface area (Å²) in [6.07, 6.45) is 0. The van der Waals surface area contributed by atoms with Gasteiger partial charge < -0.3 is 15.0 Å². The number of hydrogen-bond acceptors (Lipinski definition) is 3. The van der Waals surface area contributed by atoms with Gasteiger partial charge >= 0.3 is 0 Å². The summed E-state index contributed by atoms with van der Waals surface area (Å²) in [6, 6.07) is 17.9. The standard InChI is InChI=1S/C18H21IN2O2/c1-21(2)17(14-6-4-3-5-7-14)12-20-18(22)13-23-16-10-8-15(19)9-11-16/h3-11,17H,12-13H2,1-2H3,(H,20,22). The number of amides is 1. The van der Waals surface area contributed by atoms with Crippen LogP contribution in [0.4, 0.5) is 0 Å². The Morgan fingerprint density at radius 1 is 1.13 bits per heavy atom. The Morgan fingerprint density at radius 3 is 2.39 bits per heavy atom. The van der Waals surface area contributed by atoms with E-state index in [0.717, 1.165) is 3.57 Å². The van der Waals surface area contributed by atoms with Crippen LogP contribution in [0.15, 0.2) is 54.6 Å². The highest BCUT2D eigenvalue weighted by atomic mass is 127. The zero-order valence-electron chi connectivity index (χ0n) is 13.3. The third-order valence-corrected chi connectivity index (χ3v) is 4.20. The van der Waals surface area contributed by atoms with E-state index in [2.05, 4.69) is 44.9 Å².